The Morgan fingerprint density at radius 1 is 1.23 bits per heavy atom. The summed E-state index contributed by atoms with van der Waals surface area (Å²) in [6.45, 7) is 6.44. The van der Waals surface area contributed by atoms with Gasteiger partial charge in [-0.1, -0.05) is 36.5 Å². The minimum absolute atomic E-state index is 0.0296. The highest BCUT2D eigenvalue weighted by Gasteiger charge is 2.61. The van der Waals surface area contributed by atoms with Crippen LogP contribution in [0.5, 0.6) is 0 Å². The molecule has 1 aromatic rings. The summed E-state index contributed by atoms with van der Waals surface area (Å²) >= 11 is 0. The summed E-state index contributed by atoms with van der Waals surface area (Å²) in [4.78, 5) is 54.8. The van der Waals surface area contributed by atoms with Crippen molar-refractivity contribution in [2.24, 2.45) is 11.8 Å². The molecule has 2 unspecified atom stereocenters. The van der Waals surface area contributed by atoms with Gasteiger partial charge in [-0.25, -0.2) is 22.4 Å². The SMILES string of the molecule is C=C[C@@H]1CC1(NC(=O)[C@@H]1C[C@@H](OC(=O)N2Cc3cccc(F)c3C2)CN1C(=O)C(C(C)C)N(O)S(=O)(=O)C1CC1)C(=O)O. The van der Waals surface area contributed by atoms with Gasteiger partial charge in [-0.15, -0.1) is 6.58 Å². The zero-order valence-electron chi connectivity index (χ0n) is 23.8. The molecule has 2 saturated carbocycles. The quantitative estimate of drug-likeness (QED) is 0.259. The molecule has 3 fully saturated rings. The molecule has 1 saturated heterocycles. The normalized spacial score (nSPS) is 27.2. The lowest BCUT2D eigenvalue weighted by Gasteiger charge is -2.33. The van der Waals surface area contributed by atoms with Gasteiger partial charge >= 0.3 is 12.1 Å². The van der Waals surface area contributed by atoms with Gasteiger partial charge in [0, 0.05) is 24.4 Å². The van der Waals surface area contributed by atoms with E-state index < -0.39 is 80.5 Å². The van der Waals surface area contributed by atoms with E-state index in [1.54, 1.807) is 19.9 Å². The number of aliphatic carboxylic acids is 1. The van der Waals surface area contributed by atoms with Gasteiger partial charge in [-0.2, -0.15) is 0 Å². The molecule has 4 aliphatic rings. The number of carbonyl (C=O) groups excluding carboxylic acids is 3. The van der Waals surface area contributed by atoms with E-state index >= 15 is 0 Å². The topological polar surface area (TPSA) is 174 Å². The molecule has 2 aliphatic heterocycles. The first-order chi connectivity index (χ1) is 20.2. The number of carboxylic acid groups (broad SMARTS) is 1. The van der Waals surface area contributed by atoms with Crippen molar-refractivity contribution in [1.82, 2.24) is 19.6 Å². The van der Waals surface area contributed by atoms with Crippen LogP contribution in [-0.2, 0) is 42.2 Å². The van der Waals surface area contributed by atoms with Gasteiger partial charge in [-0.05, 0) is 36.8 Å². The van der Waals surface area contributed by atoms with Crippen molar-refractivity contribution >= 4 is 33.9 Å². The fourth-order valence-corrected chi connectivity index (χ4v) is 7.59. The average molecular weight is 623 g/mol. The number of fused-ring (bicyclic) bond motifs is 1. The standard InChI is InChI=1S/C28H35FN4O9S/c1-4-17-11-28(17,26(36)37)30-24(34)22-10-18(42-27(38)31-12-16-6-5-7-21(29)20(16)14-31)13-32(22)25(35)23(15(2)3)33(39)43(40,41)19-8-9-19/h4-7,15,17-19,22-23,39H,1,8-14H2,2-3H3,(H,30,34)(H,36,37)/t17-,18-,22+,23?,28?/m1/s1. The van der Waals surface area contributed by atoms with E-state index in [2.05, 4.69) is 11.9 Å². The van der Waals surface area contributed by atoms with Gasteiger partial charge in [-0.3, -0.25) is 19.7 Å². The highest BCUT2D eigenvalue weighted by atomic mass is 32.2. The Morgan fingerprint density at radius 2 is 1.93 bits per heavy atom. The van der Waals surface area contributed by atoms with Crippen LogP contribution >= 0.6 is 0 Å². The molecule has 15 heteroatoms. The van der Waals surface area contributed by atoms with Crippen molar-refractivity contribution in [2.45, 2.75) is 81.6 Å². The van der Waals surface area contributed by atoms with Crippen LogP contribution in [-0.4, -0.2) is 92.4 Å². The van der Waals surface area contributed by atoms with E-state index in [0.717, 1.165) is 4.90 Å². The maximum absolute atomic E-state index is 14.2. The molecule has 0 spiro atoms. The van der Waals surface area contributed by atoms with Crippen LogP contribution in [0.25, 0.3) is 0 Å². The Balaban J connectivity index is 1.37. The second kappa shape index (κ2) is 11.2. The molecule has 13 nitrogen and oxygen atoms in total. The van der Waals surface area contributed by atoms with E-state index in [-0.39, 0.29) is 36.9 Å². The Kier molecular flexibility index (Phi) is 8.03. The number of amides is 3. The van der Waals surface area contributed by atoms with E-state index in [4.69, 9.17) is 4.74 Å². The first-order valence-electron chi connectivity index (χ1n) is 14.1. The van der Waals surface area contributed by atoms with Gasteiger partial charge in [0.05, 0.1) is 18.3 Å². The Bertz CT molecular complexity index is 1470. The molecule has 2 aliphatic carbocycles. The van der Waals surface area contributed by atoms with Gasteiger partial charge < -0.3 is 20.1 Å². The van der Waals surface area contributed by atoms with E-state index in [1.165, 1.54) is 23.1 Å². The fourth-order valence-electron chi connectivity index (χ4n) is 5.90. The van der Waals surface area contributed by atoms with E-state index in [1.807, 2.05) is 0 Å². The average Bonchev–Trinajstić information content (AvgIpc) is 3.83. The van der Waals surface area contributed by atoms with Crippen molar-refractivity contribution < 1.29 is 47.0 Å². The molecule has 1 aromatic carbocycles. The molecule has 3 amide bonds. The monoisotopic (exact) mass is 622 g/mol. The predicted molar refractivity (Wildman–Crippen MR) is 147 cm³/mol. The number of ether oxygens (including phenoxy) is 1. The second-order valence-corrected chi connectivity index (χ2v) is 14.1. The maximum atomic E-state index is 14.2. The first-order valence-corrected chi connectivity index (χ1v) is 15.6. The third-order valence-corrected chi connectivity index (χ3v) is 10.7. The van der Waals surface area contributed by atoms with Crippen LogP contribution in [0.4, 0.5) is 9.18 Å². The number of likely N-dealkylation sites (tertiary alicyclic amines) is 1. The third-order valence-electron chi connectivity index (χ3n) is 8.66. The smallest absolute Gasteiger partial charge is 0.410 e. The fraction of sp³-hybridized carbons (Fsp3) is 0.571. The number of rotatable bonds is 10. The number of halogens is 1. The largest absolute Gasteiger partial charge is 0.479 e. The number of carbonyl (C=O) groups is 4. The van der Waals surface area contributed by atoms with Gasteiger partial charge in [0.15, 0.2) is 0 Å². The molecule has 43 heavy (non-hydrogen) atoms. The van der Waals surface area contributed by atoms with Gasteiger partial charge in [0.25, 0.3) is 0 Å². The molecule has 234 valence electrons. The van der Waals surface area contributed by atoms with Crippen molar-refractivity contribution in [3.05, 3.63) is 47.8 Å². The summed E-state index contributed by atoms with van der Waals surface area (Å²) in [5, 5.41) is 22.2. The van der Waals surface area contributed by atoms with Crippen LogP contribution in [0, 0.1) is 17.7 Å². The summed E-state index contributed by atoms with van der Waals surface area (Å²) in [7, 11) is -4.21. The molecule has 3 N–H and O–H groups in total. The summed E-state index contributed by atoms with van der Waals surface area (Å²) in [6, 6.07) is 1.60. The minimum Gasteiger partial charge on any atom is -0.479 e. The van der Waals surface area contributed by atoms with Crippen LogP contribution < -0.4 is 5.32 Å². The summed E-state index contributed by atoms with van der Waals surface area (Å²) < 4.78 is 45.6. The molecule has 5 rings (SSSR count). The van der Waals surface area contributed by atoms with Gasteiger partial charge in [0.1, 0.15) is 29.5 Å². The molecule has 0 radical (unpaired) electrons. The third kappa shape index (κ3) is 5.60. The lowest BCUT2D eigenvalue weighted by atomic mass is 10.0. The molecule has 0 aromatic heterocycles. The zero-order valence-corrected chi connectivity index (χ0v) is 24.6. The minimum atomic E-state index is -4.21. The highest BCUT2D eigenvalue weighted by molar-refractivity contribution is 7.89. The van der Waals surface area contributed by atoms with E-state index in [0.29, 0.717) is 24.0 Å². The van der Waals surface area contributed by atoms with Gasteiger partial charge in [0.2, 0.25) is 21.8 Å². The number of hydrogen-bond acceptors (Lipinski definition) is 8. The van der Waals surface area contributed by atoms with Crippen LogP contribution in [0.15, 0.2) is 30.9 Å². The number of carboxylic acids is 1. The van der Waals surface area contributed by atoms with Crippen molar-refractivity contribution in [3.8, 4) is 0 Å². The number of hydrogen-bond donors (Lipinski definition) is 3. The Hall–Kier alpha value is -3.56. The summed E-state index contributed by atoms with van der Waals surface area (Å²) in [5.41, 5.74) is -0.624. The predicted octanol–water partition coefficient (Wildman–Crippen LogP) is 1.60. The molecular formula is C28H35FN4O9S. The molecular weight excluding hydrogens is 587 g/mol. The Labute approximate surface area is 248 Å². The van der Waals surface area contributed by atoms with Crippen molar-refractivity contribution in [1.29, 1.82) is 0 Å². The highest BCUT2D eigenvalue weighted by Crippen LogP contribution is 2.45. The number of benzene rings is 1. The van der Waals surface area contributed by atoms with Crippen LogP contribution in [0.3, 0.4) is 0 Å². The summed E-state index contributed by atoms with van der Waals surface area (Å²) in [6.07, 6.45) is 0.157. The molecule has 2 heterocycles. The lowest BCUT2D eigenvalue weighted by molar-refractivity contribution is -0.152. The number of hydroxylamine groups is 1. The second-order valence-electron chi connectivity index (χ2n) is 12.0. The van der Waals surface area contributed by atoms with E-state index in [9.17, 15) is 42.3 Å². The summed E-state index contributed by atoms with van der Waals surface area (Å²) in [5.74, 6) is -4.70. The first kappa shape index (κ1) is 30.9. The number of sulfonamides is 1. The Morgan fingerprint density at radius 3 is 2.49 bits per heavy atom. The maximum Gasteiger partial charge on any atom is 0.410 e. The molecule has 5 atom stereocenters. The molecule has 0 bridgehead atoms. The zero-order chi connectivity index (χ0) is 31.4. The number of nitrogens with one attached hydrogen (secondary N) is 1. The van der Waals surface area contributed by atoms with Crippen LogP contribution in [0.2, 0.25) is 0 Å². The number of nitrogens with zero attached hydrogens (tertiary/aromatic N) is 3. The van der Waals surface area contributed by atoms with Crippen LogP contribution in [0.1, 0.15) is 50.7 Å². The lowest BCUT2D eigenvalue weighted by Crippen LogP contribution is -2.58. The van der Waals surface area contributed by atoms with Crippen molar-refractivity contribution in [2.75, 3.05) is 6.54 Å². The van der Waals surface area contributed by atoms with Crippen molar-refractivity contribution in [3.63, 3.8) is 0 Å².